The van der Waals surface area contributed by atoms with Gasteiger partial charge in [-0.2, -0.15) is 0 Å². The first-order chi connectivity index (χ1) is 10.3. The van der Waals surface area contributed by atoms with Crippen LogP contribution in [0.3, 0.4) is 0 Å². The second-order valence-electron chi connectivity index (χ2n) is 5.51. The zero-order valence-electron chi connectivity index (χ0n) is 12.6. The highest BCUT2D eigenvalue weighted by Gasteiger charge is 2.27. The minimum absolute atomic E-state index is 0.352. The first kappa shape index (κ1) is 14.1. The maximum absolute atomic E-state index is 5.52. The average Bonchev–Trinajstić information content (AvgIpc) is 3.02. The molecule has 0 amide bonds. The molecule has 3 rings (SSSR count). The third kappa shape index (κ3) is 3.09. The molecule has 21 heavy (non-hydrogen) atoms. The smallest absolute Gasteiger partial charge is 0.123 e. The molecule has 1 aliphatic rings. The van der Waals surface area contributed by atoms with E-state index < -0.39 is 0 Å². The van der Waals surface area contributed by atoms with E-state index in [-0.39, 0.29) is 0 Å². The molecule has 1 atom stereocenters. The lowest BCUT2D eigenvalue weighted by molar-refractivity contribution is 0.0874. The third-order valence-corrected chi connectivity index (χ3v) is 4.16. The molecular weight excluding hydrogens is 264 g/mol. The zero-order chi connectivity index (χ0) is 14.7. The molecular formula is C16H22N4O. The predicted octanol–water partition coefficient (Wildman–Crippen LogP) is 1.91. The highest BCUT2D eigenvalue weighted by atomic mass is 16.5. The second kappa shape index (κ2) is 6.28. The van der Waals surface area contributed by atoms with Gasteiger partial charge < -0.3 is 9.72 Å². The maximum atomic E-state index is 5.52. The molecule has 112 valence electrons. The maximum Gasteiger partial charge on any atom is 0.123 e. The number of para-hydroxylation sites is 1. The summed E-state index contributed by atoms with van der Waals surface area (Å²) in [7, 11) is 3.92. The average molecular weight is 286 g/mol. The quantitative estimate of drug-likeness (QED) is 0.932. The van der Waals surface area contributed by atoms with Crippen LogP contribution < -0.4 is 4.74 Å². The Morgan fingerprint density at radius 1 is 1.33 bits per heavy atom. The molecule has 1 aliphatic heterocycles. The number of likely N-dealkylation sites (N-methyl/N-ethyl adjacent to an activating group) is 1. The Kier molecular flexibility index (Phi) is 4.22. The van der Waals surface area contributed by atoms with Crippen molar-refractivity contribution in [2.45, 2.75) is 12.6 Å². The van der Waals surface area contributed by atoms with Crippen LogP contribution in [0.5, 0.6) is 5.75 Å². The van der Waals surface area contributed by atoms with E-state index >= 15 is 0 Å². The Morgan fingerprint density at radius 2 is 2.19 bits per heavy atom. The molecule has 1 aromatic carbocycles. The Balaban J connectivity index is 1.77. The zero-order valence-corrected chi connectivity index (χ0v) is 12.6. The van der Waals surface area contributed by atoms with Crippen molar-refractivity contribution in [2.75, 3.05) is 33.8 Å². The fourth-order valence-electron chi connectivity index (χ4n) is 2.95. The largest absolute Gasteiger partial charge is 0.496 e. The van der Waals surface area contributed by atoms with Gasteiger partial charge in [0.15, 0.2) is 0 Å². The number of ether oxygens (including phenoxy) is 1. The van der Waals surface area contributed by atoms with Crippen LogP contribution in [0.15, 0.2) is 36.7 Å². The van der Waals surface area contributed by atoms with Crippen LogP contribution in [0.2, 0.25) is 0 Å². The molecule has 0 bridgehead atoms. The summed E-state index contributed by atoms with van der Waals surface area (Å²) >= 11 is 0. The van der Waals surface area contributed by atoms with Crippen molar-refractivity contribution < 1.29 is 4.74 Å². The van der Waals surface area contributed by atoms with Crippen molar-refractivity contribution in [3.05, 3.63) is 48.0 Å². The number of piperazine rings is 1. The standard InChI is InChI=1S/C16H22N4O/c1-19-9-10-20(12-16-17-7-8-18-16)11-14(19)13-5-3-4-6-15(13)21-2/h3-8,14H,9-12H2,1-2H3,(H,17,18)/t14-/m0/s1. The fraction of sp³-hybridized carbons (Fsp3) is 0.438. The van der Waals surface area contributed by atoms with Gasteiger partial charge in [-0.25, -0.2) is 4.98 Å². The van der Waals surface area contributed by atoms with Crippen LogP contribution in [-0.2, 0) is 6.54 Å². The van der Waals surface area contributed by atoms with Crippen LogP contribution in [0.1, 0.15) is 17.4 Å². The normalized spacial score (nSPS) is 20.6. The van der Waals surface area contributed by atoms with Gasteiger partial charge in [0, 0.05) is 37.6 Å². The van der Waals surface area contributed by atoms with Crippen molar-refractivity contribution >= 4 is 0 Å². The summed E-state index contributed by atoms with van der Waals surface area (Å²) < 4.78 is 5.52. The van der Waals surface area contributed by atoms with Crippen LogP contribution >= 0.6 is 0 Å². The van der Waals surface area contributed by atoms with Crippen molar-refractivity contribution in [3.8, 4) is 5.75 Å². The summed E-state index contributed by atoms with van der Waals surface area (Å²) in [6, 6.07) is 8.65. The Bertz CT molecular complexity index is 569. The molecule has 0 aliphatic carbocycles. The monoisotopic (exact) mass is 286 g/mol. The van der Waals surface area contributed by atoms with E-state index in [2.05, 4.69) is 38.9 Å². The van der Waals surface area contributed by atoms with Gasteiger partial charge in [-0.1, -0.05) is 18.2 Å². The molecule has 2 heterocycles. The number of aromatic nitrogens is 2. The number of aromatic amines is 1. The number of nitrogens with one attached hydrogen (secondary N) is 1. The Morgan fingerprint density at radius 3 is 2.95 bits per heavy atom. The number of hydrogen-bond donors (Lipinski definition) is 1. The second-order valence-corrected chi connectivity index (χ2v) is 5.51. The van der Waals surface area contributed by atoms with Gasteiger partial charge in [-0.15, -0.1) is 0 Å². The predicted molar refractivity (Wildman–Crippen MR) is 82.2 cm³/mol. The molecule has 1 fully saturated rings. The highest BCUT2D eigenvalue weighted by Crippen LogP contribution is 2.31. The third-order valence-electron chi connectivity index (χ3n) is 4.16. The minimum atomic E-state index is 0.352. The van der Waals surface area contributed by atoms with Crippen LogP contribution in [-0.4, -0.2) is 53.6 Å². The number of imidazole rings is 1. The van der Waals surface area contributed by atoms with E-state index in [0.717, 1.165) is 37.8 Å². The van der Waals surface area contributed by atoms with E-state index in [1.54, 1.807) is 7.11 Å². The van der Waals surface area contributed by atoms with Gasteiger partial charge in [0.25, 0.3) is 0 Å². The van der Waals surface area contributed by atoms with E-state index in [0.29, 0.717) is 6.04 Å². The SMILES string of the molecule is COc1ccccc1[C@@H]1CN(Cc2ncc[nH]2)CCN1C. The summed E-state index contributed by atoms with van der Waals surface area (Å²) in [6.07, 6.45) is 3.69. The summed E-state index contributed by atoms with van der Waals surface area (Å²) in [6.45, 7) is 3.95. The molecule has 5 heteroatoms. The molecule has 1 saturated heterocycles. The van der Waals surface area contributed by atoms with Crippen LogP contribution in [0, 0.1) is 0 Å². The summed E-state index contributed by atoms with van der Waals surface area (Å²) in [5.74, 6) is 1.99. The molecule has 5 nitrogen and oxygen atoms in total. The molecule has 1 aromatic heterocycles. The number of methoxy groups -OCH3 is 1. The van der Waals surface area contributed by atoms with Gasteiger partial charge in [-0.05, 0) is 13.1 Å². The lowest BCUT2D eigenvalue weighted by Crippen LogP contribution is -2.46. The van der Waals surface area contributed by atoms with E-state index in [1.807, 2.05) is 24.5 Å². The number of hydrogen-bond acceptors (Lipinski definition) is 4. The van der Waals surface area contributed by atoms with E-state index in [1.165, 1.54) is 5.56 Å². The van der Waals surface area contributed by atoms with Crippen molar-refractivity contribution in [1.82, 2.24) is 19.8 Å². The number of H-pyrrole nitrogens is 1. The first-order valence-corrected chi connectivity index (χ1v) is 7.31. The Hall–Kier alpha value is -1.85. The number of rotatable bonds is 4. The van der Waals surface area contributed by atoms with Gasteiger partial charge >= 0.3 is 0 Å². The molecule has 0 radical (unpaired) electrons. The van der Waals surface area contributed by atoms with E-state index in [9.17, 15) is 0 Å². The van der Waals surface area contributed by atoms with Crippen LogP contribution in [0.4, 0.5) is 0 Å². The number of nitrogens with zero attached hydrogens (tertiary/aromatic N) is 3. The molecule has 0 unspecified atom stereocenters. The van der Waals surface area contributed by atoms with Gasteiger partial charge in [0.05, 0.1) is 19.7 Å². The van der Waals surface area contributed by atoms with E-state index in [4.69, 9.17) is 4.74 Å². The topological polar surface area (TPSA) is 44.4 Å². The van der Waals surface area contributed by atoms with Gasteiger partial charge in [-0.3, -0.25) is 9.80 Å². The van der Waals surface area contributed by atoms with Crippen molar-refractivity contribution in [3.63, 3.8) is 0 Å². The lowest BCUT2D eigenvalue weighted by atomic mass is 10.0. The van der Waals surface area contributed by atoms with Crippen LogP contribution in [0.25, 0.3) is 0 Å². The van der Waals surface area contributed by atoms with Crippen molar-refractivity contribution in [1.29, 1.82) is 0 Å². The Labute approximate surface area is 125 Å². The number of benzene rings is 1. The highest BCUT2D eigenvalue weighted by molar-refractivity contribution is 5.36. The molecule has 0 spiro atoms. The molecule has 0 saturated carbocycles. The van der Waals surface area contributed by atoms with Gasteiger partial charge in [0.2, 0.25) is 0 Å². The summed E-state index contributed by atoms with van der Waals surface area (Å²) in [5, 5.41) is 0. The molecule has 2 aromatic rings. The fourth-order valence-corrected chi connectivity index (χ4v) is 2.95. The van der Waals surface area contributed by atoms with Gasteiger partial charge in [0.1, 0.15) is 11.6 Å². The van der Waals surface area contributed by atoms with Crippen molar-refractivity contribution in [2.24, 2.45) is 0 Å². The lowest BCUT2D eigenvalue weighted by Gasteiger charge is -2.39. The summed E-state index contributed by atoms with van der Waals surface area (Å²) in [4.78, 5) is 12.3. The minimum Gasteiger partial charge on any atom is -0.496 e. The molecule has 1 N–H and O–H groups in total. The summed E-state index contributed by atoms with van der Waals surface area (Å²) in [5.41, 5.74) is 1.26. The first-order valence-electron chi connectivity index (χ1n) is 7.31.